The lowest BCUT2D eigenvalue weighted by Gasteiger charge is -2.16. The molecule has 1 aromatic carbocycles. The molecule has 0 heterocycles. The van der Waals surface area contributed by atoms with Gasteiger partial charge in [0, 0.05) is 13.1 Å². The first kappa shape index (κ1) is 17.5. The number of rotatable bonds is 9. The fourth-order valence-electron chi connectivity index (χ4n) is 1.84. The van der Waals surface area contributed by atoms with Crippen LogP contribution in [0.5, 0.6) is 5.75 Å². The molecule has 0 saturated carbocycles. The molecule has 0 bridgehead atoms. The maximum Gasteiger partial charge on any atom is 0.260 e. The quantitative estimate of drug-likeness (QED) is 0.688. The van der Waals surface area contributed by atoms with Gasteiger partial charge in [-0.2, -0.15) is 0 Å². The molecule has 1 aromatic rings. The number of hydrogen-bond acceptors (Lipinski definition) is 3. The second kappa shape index (κ2) is 9.40. The van der Waals surface area contributed by atoms with Crippen molar-refractivity contribution in [3.8, 4) is 5.75 Å². The fourth-order valence-corrected chi connectivity index (χ4v) is 1.84. The van der Waals surface area contributed by atoms with Gasteiger partial charge in [0.15, 0.2) is 6.10 Å². The van der Waals surface area contributed by atoms with Gasteiger partial charge in [-0.3, -0.25) is 4.79 Å². The topological polar surface area (TPSA) is 50.4 Å². The fraction of sp³-hybridized carbons (Fsp3) is 0.588. The van der Waals surface area contributed by atoms with Crippen molar-refractivity contribution in [1.82, 2.24) is 10.6 Å². The van der Waals surface area contributed by atoms with Crippen LogP contribution in [0, 0.1) is 5.92 Å². The number of benzene rings is 1. The SMILES string of the molecule is CCCNCc1cccc(OC(C)C(=O)NCC(C)C)c1. The Morgan fingerprint density at radius 3 is 2.71 bits per heavy atom. The van der Waals surface area contributed by atoms with E-state index in [-0.39, 0.29) is 5.91 Å². The van der Waals surface area contributed by atoms with Crippen LogP contribution in [0.1, 0.15) is 39.7 Å². The summed E-state index contributed by atoms with van der Waals surface area (Å²) >= 11 is 0. The summed E-state index contributed by atoms with van der Waals surface area (Å²) in [5, 5.41) is 6.23. The summed E-state index contributed by atoms with van der Waals surface area (Å²) in [6.45, 7) is 10.5. The van der Waals surface area contributed by atoms with Crippen LogP contribution >= 0.6 is 0 Å². The van der Waals surface area contributed by atoms with Crippen LogP contribution in [0.3, 0.4) is 0 Å². The zero-order valence-corrected chi connectivity index (χ0v) is 13.6. The predicted octanol–water partition coefficient (Wildman–Crippen LogP) is 2.73. The van der Waals surface area contributed by atoms with E-state index in [1.165, 1.54) is 0 Å². The number of nitrogens with one attached hydrogen (secondary N) is 2. The zero-order chi connectivity index (χ0) is 15.7. The average molecular weight is 292 g/mol. The van der Waals surface area contributed by atoms with Crippen LogP contribution in [0.4, 0.5) is 0 Å². The van der Waals surface area contributed by atoms with Gasteiger partial charge in [-0.05, 0) is 43.5 Å². The van der Waals surface area contributed by atoms with Crippen molar-refractivity contribution in [1.29, 1.82) is 0 Å². The van der Waals surface area contributed by atoms with Gasteiger partial charge in [0.05, 0.1) is 0 Å². The van der Waals surface area contributed by atoms with Crippen molar-refractivity contribution in [3.05, 3.63) is 29.8 Å². The minimum absolute atomic E-state index is 0.0711. The van der Waals surface area contributed by atoms with Crippen LogP contribution in [0.15, 0.2) is 24.3 Å². The average Bonchev–Trinajstić information content (AvgIpc) is 2.45. The molecule has 0 aliphatic carbocycles. The molecule has 1 unspecified atom stereocenters. The molecular formula is C17H28N2O2. The minimum atomic E-state index is -0.484. The summed E-state index contributed by atoms with van der Waals surface area (Å²) in [5.41, 5.74) is 1.16. The van der Waals surface area contributed by atoms with Crippen LogP contribution in [-0.4, -0.2) is 25.1 Å². The molecule has 1 rings (SSSR count). The number of carbonyl (C=O) groups excluding carboxylic acids is 1. The third-order valence-electron chi connectivity index (χ3n) is 3.02. The number of ether oxygens (including phenoxy) is 1. The third-order valence-corrected chi connectivity index (χ3v) is 3.02. The Hall–Kier alpha value is -1.55. The Bertz CT molecular complexity index is 433. The lowest BCUT2D eigenvalue weighted by atomic mass is 10.2. The molecule has 4 nitrogen and oxygen atoms in total. The van der Waals surface area contributed by atoms with E-state index in [1.54, 1.807) is 6.92 Å². The molecule has 0 aromatic heterocycles. The monoisotopic (exact) mass is 292 g/mol. The van der Waals surface area contributed by atoms with Gasteiger partial charge in [-0.25, -0.2) is 0 Å². The smallest absolute Gasteiger partial charge is 0.260 e. The van der Waals surface area contributed by atoms with Crippen molar-refractivity contribution >= 4 is 5.91 Å². The summed E-state index contributed by atoms with van der Waals surface area (Å²) in [4.78, 5) is 11.9. The van der Waals surface area contributed by atoms with E-state index in [2.05, 4.69) is 37.5 Å². The van der Waals surface area contributed by atoms with Crippen LogP contribution in [0.2, 0.25) is 0 Å². The van der Waals surface area contributed by atoms with E-state index in [9.17, 15) is 4.79 Å². The Labute approximate surface area is 128 Å². The van der Waals surface area contributed by atoms with Crippen molar-refractivity contribution in [2.45, 2.75) is 46.8 Å². The molecule has 1 amide bonds. The van der Waals surface area contributed by atoms with Gasteiger partial charge in [-0.15, -0.1) is 0 Å². The third kappa shape index (κ3) is 7.14. The van der Waals surface area contributed by atoms with E-state index in [0.717, 1.165) is 30.8 Å². The summed E-state index contributed by atoms with van der Waals surface area (Å²) in [6, 6.07) is 7.88. The highest BCUT2D eigenvalue weighted by molar-refractivity contribution is 5.80. The summed E-state index contributed by atoms with van der Waals surface area (Å²) < 4.78 is 5.72. The molecular weight excluding hydrogens is 264 g/mol. The van der Waals surface area contributed by atoms with Crippen molar-refractivity contribution in [3.63, 3.8) is 0 Å². The highest BCUT2D eigenvalue weighted by Gasteiger charge is 2.14. The Kier molecular flexibility index (Phi) is 7.83. The lowest BCUT2D eigenvalue weighted by molar-refractivity contribution is -0.127. The first-order valence-corrected chi connectivity index (χ1v) is 7.77. The normalized spacial score (nSPS) is 12.2. The second-order valence-electron chi connectivity index (χ2n) is 5.72. The Morgan fingerprint density at radius 2 is 2.05 bits per heavy atom. The molecule has 0 radical (unpaired) electrons. The molecule has 0 aliphatic rings. The molecule has 2 N–H and O–H groups in total. The summed E-state index contributed by atoms with van der Waals surface area (Å²) in [5.74, 6) is 1.10. The molecule has 0 saturated heterocycles. The highest BCUT2D eigenvalue weighted by Crippen LogP contribution is 2.15. The van der Waals surface area contributed by atoms with E-state index >= 15 is 0 Å². The molecule has 118 valence electrons. The minimum Gasteiger partial charge on any atom is -0.481 e. The van der Waals surface area contributed by atoms with Crippen molar-refractivity contribution in [2.24, 2.45) is 5.92 Å². The van der Waals surface area contributed by atoms with Gasteiger partial charge < -0.3 is 15.4 Å². The standard InChI is InChI=1S/C17H28N2O2/c1-5-9-18-12-15-7-6-8-16(10-15)21-14(4)17(20)19-11-13(2)3/h6-8,10,13-14,18H,5,9,11-12H2,1-4H3,(H,19,20). The zero-order valence-electron chi connectivity index (χ0n) is 13.6. The molecule has 4 heteroatoms. The number of carbonyl (C=O) groups is 1. The first-order valence-electron chi connectivity index (χ1n) is 7.77. The van der Waals surface area contributed by atoms with E-state index in [0.29, 0.717) is 12.5 Å². The van der Waals surface area contributed by atoms with Crippen molar-refractivity contribution < 1.29 is 9.53 Å². The molecule has 1 atom stereocenters. The highest BCUT2D eigenvalue weighted by atomic mass is 16.5. The van der Waals surface area contributed by atoms with Gasteiger partial charge >= 0.3 is 0 Å². The summed E-state index contributed by atoms with van der Waals surface area (Å²) in [7, 11) is 0. The van der Waals surface area contributed by atoms with Gasteiger partial charge in [0.1, 0.15) is 5.75 Å². The van der Waals surface area contributed by atoms with E-state index < -0.39 is 6.10 Å². The Balaban J connectivity index is 2.49. The van der Waals surface area contributed by atoms with E-state index in [1.807, 2.05) is 18.2 Å². The van der Waals surface area contributed by atoms with Gasteiger partial charge in [0.25, 0.3) is 5.91 Å². The maximum atomic E-state index is 11.9. The van der Waals surface area contributed by atoms with Crippen LogP contribution in [-0.2, 0) is 11.3 Å². The largest absolute Gasteiger partial charge is 0.481 e. The van der Waals surface area contributed by atoms with Gasteiger partial charge in [-0.1, -0.05) is 32.9 Å². The molecule has 0 spiro atoms. The number of hydrogen-bond donors (Lipinski definition) is 2. The van der Waals surface area contributed by atoms with Crippen molar-refractivity contribution in [2.75, 3.05) is 13.1 Å². The van der Waals surface area contributed by atoms with Crippen LogP contribution < -0.4 is 15.4 Å². The number of amides is 1. The first-order chi connectivity index (χ1) is 10.0. The Morgan fingerprint density at radius 1 is 1.29 bits per heavy atom. The molecule has 0 fully saturated rings. The van der Waals surface area contributed by atoms with Gasteiger partial charge in [0.2, 0.25) is 0 Å². The summed E-state index contributed by atoms with van der Waals surface area (Å²) in [6.07, 6.45) is 0.631. The molecule has 21 heavy (non-hydrogen) atoms. The maximum absolute atomic E-state index is 11.9. The lowest BCUT2D eigenvalue weighted by Crippen LogP contribution is -2.38. The van der Waals surface area contributed by atoms with Crippen LogP contribution in [0.25, 0.3) is 0 Å². The predicted molar refractivity (Wildman–Crippen MR) is 86.4 cm³/mol. The molecule has 0 aliphatic heterocycles. The van der Waals surface area contributed by atoms with E-state index in [4.69, 9.17) is 4.74 Å². The second-order valence-corrected chi connectivity index (χ2v) is 5.72.